The lowest BCUT2D eigenvalue weighted by molar-refractivity contribution is -0.118. The number of nitrogens with zero attached hydrogens (tertiary/aromatic N) is 1. The lowest BCUT2D eigenvalue weighted by Crippen LogP contribution is -2.16. The zero-order chi connectivity index (χ0) is 30.6. The molecule has 0 unspecified atom stereocenters. The van der Waals surface area contributed by atoms with Gasteiger partial charge in [0, 0.05) is 12.6 Å². The largest absolute Gasteiger partial charge is 0.274 e. The van der Waals surface area contributed by atoms with E-state index in [-0.39, 0.29) is 5.91 Å². The van der Waals surface area contributed by atoms with Crippen molar-refractivity contribution in [2.45, 2.75) is 188 Å². The van der Waals surface area contributed by atoms with Crippen molar-refractivity contribution in [1.82, 2.24) is 5.43 Å². The predicted octanol–water partition coefficient (Wildman–Crippen LogP) is 12.9. The maximum absolute atomic E-state index is 11.4. The fraction of sp³-hybridized carbons (Fsp3) is 0.744. The van der Waals surface area contributed by atoms with E-state index >= 15 is 0 Å². The quantitative estimate of drug-likeness (QED) is 0.0375. The molecule has 0 aliphatic heterocycles. The molecule has 0 atom stereocenters. The smallest absolute Gasteiger partial charge is 0.236 e. The third-order valence-corrected chi connectivity index (χ3v) is 7.70. The van der Waals surface area contributed by atoms with E-state index in [0.29, 0.717) is 0 Å². The zero-order valence-electron chi connectivity index (χ0n) is 28.4. The zero-order valence-corrected chi connectivity index (χ0v) is 28.4. The van der Waals surface area contributed by atoms with Gasteiger partial charge in [-0.3, -0.25) is 4.79 Å². The number of rotatable bonds is 31. The minimum atomic E-state index is -0.0680. The van der Waals surface area contributed by atoms with Crippen molar-refractivity contribution in [2.24, 2.45) is 5.10 Å². The van der Waals surface area contributed by atoms with Crippen molar-refractivity contribution < 1.29 is 4.79 Å². The van der Waals surface area contributed by atoms with Gasteiger partial charge in [-0.15, -0.1) is 0 Å². The fourth-order valence-corrected chi connectivity index (χ4v) is 5.03. The molecule has 0 aromatic carbocycles. The lowest BCUT2D eigenvalue weighted by Gasteiger charge is -2.07. The Kier molecular flexibility index (Phi) is 33.7. The fourth-order valence-electron chi connectivity index (χ4n) is 5.03. The minimum absolute atomic E-state index is 0.0680. The maximum Gasteiger partial charge on any atom is 0.236 e. The van der Waals surface area contributed by atoms with E-state index in [2.05, 4.69) is 73.0 Å². The molecule has 3 heteroatoms. The molecule has 0 saturated carbocycles. The molecule has 242 valence electrons. The first kappa shape index (κ1) is 40.1. The normalized spacial score (nSPS) is 12.0. The number of hydrazone groups is 1. The predicted molar refractivity (Wildman–Crippen MR) is 189 cm³/mol. The number of carbonyl (C=O) groups is 1. The second-order valence-corrected chi connectivity index (χ2v) is 12.0. The SMILES string of the molecule is CCCCC/C=C\C/C=C\CCCCCCCCC(CCCCCCCC/C=C\C/C=C\CCCCC)=NNC(C)=O. The van der Waals surface area contributed by atoms with Crippen molar-refractivity contribution in [1.29, 1.82) is 0 Å². The van der Waals surface area contributed by atoms with Gasteiger partial charge in [0.25, 0.3) is 0 Å². The minimum Gasteiger partial charge on any atom is -0.274 e. The van der Waals surface area contributed by atoms with E-state index in [9.17, 15) is 4.79 Å². The summed E-state index contributed by atoms with van der Waals surface area (Å²) < 4.78 is 0. The maximum atomic E-state index is 11.4. The number of hydrogen-bond acceptors (Lipinski definition) is 2. The number of allylic oxidation sites excluding steroid dienone is 8. The lowest BCUT2D eigenvalue weighted by atomic mass is 10.0. The number of carbonyl (C=O) groups excluding carboxylic acids is 1. The van der Waals surface area contributed by atoms with Crippen LogP contribution in [0, 0.1) is 0 Å². The van der Waals surface area contributed by atoms with Crippen molar-refractivity contribution in [2.75, 3.05) is 0 Å². The molecule has 0 rings (SSSR count). The van der Waals surface area contributed by atoms with Gasteiger partial charge in [-0.05, 0) is 89.9 Å². The molecule has 0 saturated heterocycles. The van der Waals surface area contributed by atoms with Crippen LogP contribution < -0.4 is 5.43 Å². The van der Waals surface area contributed by atoms with Gasteiger partial charge in [-0.25, -0.2) is 5.43 Å². The first-order valence-corrected chi connectivity index (χ1v) is 18.1. The van der Waals surface area contributed by atoms with Gasteiger partial charge in [-0.2, -0.15) is 5.10 Å². The molecule has 42 heavy (non-hydrogen) atoms. The molecular formula is C39H70N2O. The van der Waals surface area contributed by atoms with Crippen LogP contribution in [0.3, 0.4) is 0 Å². The molecule has 0 heterocycles. The molecular weight excluding hydrogens is 512 g/mol. The first-order valence-electron chi connectivity index (χ1n) is 18.1. The van der Waals surface area contributed by atoms with E-state index in [0.717, 1.165) is 25.7 Å². The summed E-state index contributed by atoms with van der Waals surface area (Å²) in [5.74, 6) is -0.0680. The molecule has 3 nitrogen and oxygen atoms in total. The number of nitrogens with one attached hydrogen (secondary N) is 1. The number of unbranched alkanes of at least 4 members (excludes halogenated alkanes) is 18. The van der Waals surface area contributed by atoms with Crippen molar-refractivity contribution in [3.63, 3.8) is 0 Å². The van der Waals surface area contributed by atoms with Crippen LogP contribution in [-0.4, -0.2) is 11.6 Å². The van der Waals surface area contributed by atoms with Crippen LogP contribution in [0.4, 0.5) is 0 Å². The van der Waals surface area contributed by atoms with E-state index in [4.69, 9.17) is 0 Å². The number of amides is 1. The number of hydrogen-bond donors (Lipinski definition) is 1. The highest BCUT2D eigenvalue weighted by molar-refractivity contribution is 5.85. The highest BCUT2D eigenvalue weighted by Gasteiger charge is 2.02. The molecule has 0 aliphatic rings. The molecule has 1 amide bonds. The summed E-state index contributed by atoms with van der Waals surface area (Å²) in [7, 11) is 0. The second kappa shape index (κ2) is 35.3. The summed E-state index contributed by atoms with van der Waals surface area (Å²) in [4.78, 5) is 11.4. The summed E-state index contributed by atoms with van der Waals surface area (Å²) in [6.45, 7) is 6.06. The van der Waals surface area contributed by atoms with E-state index < -0.39 is 0 Å². The van der Waals surface area contributed by atoms with Gasteiger partial charge in [0.05, 0.1) is 0 Å². The summed E-state index contributed by atoms with van der Waals surface area (Å²) in [6, 6.07) is 0. The van der Waals surface area contributed by atoms with E-state index in [1.807, 2.05) is 0 Å². The van der Waals surface area contributed by atoms with Crippen LogP contribution in [0.15, 0.2) is 53.7 Å². The molecule has 0 fully saturated rings. The second-order valence-electron chi connectivity index (χ2n) is 12.0. The summed E-state index contributed by atoms with van der Waals surface area (Å²) in [5, 5.41) is 4.43. The highest BCUT2D eigenvalue weighted by Crippen LogP contribution is 2.14. The van der Waals surface area contributed by atoms with Crippen molar-refractivity contribution >= 4 is 11.6 Å². The summed E-state index contributed by atoms with van der Waals surface area (Å²) in [5.41, 5.74) is 3.86. The van der Waals surface area contributed by atoms with Crippen LogP contribution >= 0.6 is 0 Å². The van der Waals surface area contributed by atoms with Crippen molar-refractivity contribution in [3.05, 3.63) is 48.6 Å². The van der Waals surface area contributed by atoms with Gasteiger partial charge in [0.1, 0.15) is 0 Å². The van der Waals surface area contributed by atoms with Crippen molar-refractivity contribution in [3.8, 4) is 0 Å². The van der Waals surface area contributed by atoms with Crippen LogP contribution in [0.1, 0.15) is 188 Å². The Morgan fingerprint density at radius 3 is 1.17 bits per heavy atom. The van der Waals surface area contributed by atoms with Crippen LogP contribution in [-0.2, 0) is 4.79 Å². The average molecular weight is 583 g/mol. The molecule has 0 aromatic rings. The average Bonchev–Trinajstić information content (AvgIpc) is 2.98. The standard InChI is InChI=1S/C39H70N2O/c1-4-6-8-10-12-14-16-18-20-22-24-26-28-30-32-34-36-39(41-40-38(3)42)37-35-33-31-29-27-25-23-21-19-17-15-13-11-9-7-5-2/h12-15,18-21H,4-11,16-17,22-37H2,1-3H3,(H,40,42)/b14-12-,15-13-,20-18-,21-19-. The summed E-state index contributed by atoms with van der Waals surface area (Å²) >= 11 is 0. The Morgan fingerprint density at radius 2 is 0.810 bits per heavy atom. The van der Waals surface area contributed by atoms with Crippen LogP contribution in [0.2, 0.25) is 0 Å². The molecule has 0 aromatic heterocycles. The van der Waals surface area contributed by atoms with Gasteiger partial charge >= 0.3 is 0 Å². The Morgan fingerprint density at radius 1 is 0.476 bits per heavy atom. The first-order chi connectivity index (χ1) is 20.7. The third-order valence-electron chi connectivity index (χ3n) is 7.70. The molecule has 1 N–H and O–H groups in total. The van der Waals surface area contributed by atoms with Crippen LogP contribution in [0.5, 0.6) is 0 Å². The Hall–Kier alpha value is -1.90. The topological polar surface area (TPSA) is 41.5 Å². The van der Waals surface area contributed by atoms with Gasteiger partial charge < -0.3 is 0 Å². The summed E-state index contributed by atoms with van der Waals surface area (Å²) in [6.07, 6.45) is 51.2. The van der Waals surface area contributed by atoms with E-state index in [1.165, 1.54) is 147 Å². The highest BCUT2D eigenvalue weighted by atomic mass is 16.2. The van der Waals surface area contributed by atoms with Crippen LogP contribution in [0.25, 0.3) is 0 Å². The van der Waals surface area contributed by atoms with Gasteiger partial charge in [0.15, 0.2) is 0 Å². The monoisotopic (exact) mass is 583 g/mol. The Labute approximate surface area is 262 Å². The van der Waals surface area contributed by atoms with Gasteiger partial charge in [0.2, 0.25) is 5.91 Å². The Bertz CT molecular complexity index is 666. The molecule has 0 spiro atoms. The molecule has 0 aliphatic carbocycles. The third kappa shape index (κ3) is 34.3. The van der Waals surface area contributed by atoms with Gasteiger partial charge in [-0.1, -0.05) is 140 Å². The van der Waals surface area contributed by atoms with E-state index in [1.54, 1.807) is 6.92 Å². The molecule has 0 bridgehead atoms. The molecule has 0 radical (unpaired) electrons. The Balaban J connectivity index is 3.75.